The summed E-state index contributed by atoms with van der Waals surface area (Å²) in [5.74, 6) is 0.432. The number of hydrogen-bond acceptors (Lipinski definition) is 4. The molecule has 1 aromatic rings. The molecule has 0 radical (unpaired) electrons. The number of carbonyl (C=O) groups is 1. The van der Waals surface area contributed by atoms with E-state index >= 15 is 0 Å². The van der Waals surface area contributed by atoms with E-state index in [2.05, 4.69) is 28.8 Å². The Morgan fingerprint density at radius 1 is 1.26 bits per heavy atom. The van der Waals surface area contributed by atoms with Crippen molar-refractivity contribution in [3.63, 3.8) is 0 Å². The number of hydrogen-bond donors (Lipinski definition) is 1. The topological polar surface area (TPSA) is 62.5 Å². The van der Waals surface area contributed by atoms with Crippen LogP contribution < -0.4 is 10.6 Å². The number of pyridine rings is 1. The largest absolute Gasteiger partial charge is 0.371 e. The number of aromatic nitrogens is 1. The van der Waals surface area contributed by atoms with Gasteiger partial charge in [0.05, 0.1) is 11.3 Å². The molecule has 2 saturated heterocycles. The monoisotopic (exact) mass is 372 g/mol. The zero-order chi connectivity index (χ0) is 19.4. The summed E-state index contributed by atoms with van der Waals surface area (Å²) in [5.41, 5.74) is 8.55. The first-order chi connectivity index (χ1) is 12.9. The van der Waals surface area contributed by atoms with E-state index in [1.807, 2.05) is 13.0 Å². The van der Waals surface area contributed by atoms with Crippen molar-refractivity contribution in [2.24, 2.45) is 17.1 Å². The molecule has 0 aromatic carbocycles. The van der Waals surface area contributed by atoms with Crippen LogP contribution in [0.15, 0.2) is 12.3 Å². The number of anilines is 1. The highest BCUT2D eigenvalue weighted by atomic mass is 16.1. The molecule has 0 bridgehead atoms. The molecule has 2 fully saturated rings. The van der Waals surface area contributed by atoms with Gasteiger partial charge in [-0.25, -0.2) is 0 Å². The first-order valence-electron chi connectivity index (χ1n) is 10.6. The number of nitrogens with two attached hydrogens (primary N) is 1. The first kappa shape index (κ1) is 20.1. The SMILES string of the molecule is Cc1cc(N2CCC(CCCC3(C)CCN(C)CC3)CC2)c(C(N)=O)cn1. The van der Waals surface area contributed by atoms with E-state index < -0.39 is 0 Å². The van der Waals surface area contributed by atoms with Gasteiger partial charge in [-0.2, -0.15) is 0 Å². The van der Waals surface area contributed by atoms with E-state index in [0.717, 1.165) is 30.4 Å². The van der Waals surface area contributed by atoms with Crippen molar-refractivity contribution < 1.29 is 4.79 Å². The van der Waals surface area contributed by atoms with Gasteiger partial charge < -0.3 is 15.5 Å². The summed E-state index contributed by atoms with van der Waals surface area (Å²) in [4.78, 5) is 20.8. The number of nitrogens with zero attached hydrogens (tertiary/aromatic N) is 3. The van der Waals surface area contributed by atoms with Gasteiger partial charge in [0.1, 0.15) is 0 Å². The van der Waals surface area contributed by atoms with Gasteiger partial charge in [0.25, 0.3) is 5.91 Å². The highest BCUT2D eigenvalue weighted by Gasteiger charge is 2.29. The van der Waals surface area contributed by atoms with Crippen LogP contribution in [0.2, 0.25) is 0 Å². The van der Waals surface area contributed by atoms with Gasteiger partial charge in [0.2, 0.25) is 0 Å². The lowest BCUT2D eigenvalue weighted by Gasteiger charge is -2.39. The number of rotatable bonds is 6. The molecule has 150 valence electrons. The Morgan fingerprint density at radius 2 is 1.93 bits per heavy atom. The zero-order valence-corrected chi connectivity index (χ0v) is 17.3. The standard InChI is InChI=1S/C22H36N4O/c1-17-15-20(19(16-24-17)21(23)27)26-11-6-18(7-12-26)5-4-8-22(2)9-13-25(3)14-10-22/h15-16,18H,4-14H2,1-3H3,(H2,23,27). The second-order valence-corrected chi connectivity index (χ2v) is 9.14. The van der Waals surface area contributed by atoms with Crippen molar-refractivity contribution in [1.82, 2.24) is 9.88 Å². The third-order valence-electron chi connectivity index (χ3n) is 6.83. The Labute approximate surface area is 164 Å². The number of primary amides is 1. The van der Waals surface area contributed by atoms with E-state index in [1.165, 1.54) is 58.0 Å². The van der Waals surface area contributed by atoms with E-state index in [1.54, 1.807) is 6.20 Å². The zero-order valence-electron chi connectivity index (χ0n) is 17.3. The first-order valence-corrected chi connectivity index (χ1v) is 10.6. The summed E-state index contributed by atoms with van der Waals surface area (Å²) in [5, 5.41) is 0. The molecule has 1 amide bonds. The number of piperidine rings is 2. The maximum Gasteiger partial charge on any atom is 0.252 e. The summed E-state index contributed by atoms with van der Waals surface area (Å²) < 4.78 is 0. The van der Waals surface area contributed by atoms with Crippen LogP contribution in [0.1, 0.15) is 67.9 Å². The minimum absolute atomic E-state index is 0.383. The molecule has 0 saturated carbocycles. The highest BCUT2D eigenvalue weighted by molar-refractivity contribution is 5.98. The fourth-order valence-corrected chi connectivity index (χ4v) is 4.69. The predicted octanol–water partition coefficient (Wildman–Crippen LogP) is 3.61. The van der Waals surface area contributed by atoms with Crippen molar-refractivity contribution in [3.8, 4) is 0 Å². The molecule has 2 aliphatic rings. The lowest BCUT2D eigenvalue weighted by molar-refractivity contribution is 0.100. The predicted molar refractivity (Wildman–Crippen MR) is 111 cm³/mol. The normalized spacial score (nSPS) is 21.4. The fourth-order valence-electron chi connectivity index (χ4n) is 4.69. The van der Waals surface area contributed by atoms with Crippen LogP contribution in [-0.2, 0) is 0 Å². The summed E-state index contributed by atoms with van der Waals surface area (Å²) in [6.07, 6.45) is 10.8. The third kappa shape index (κ3) is 5.22. The van der Waals surface area contributed by atoms with Crippen molar-refractivity contribution >= 4 is 11.6 Å². The Kier molecular flexibility index (Phi) is 6.40. The molecule has 5 nitrogen and oxygen atoms in total. The van der Waals surface area contributed by atoms with Crippen LogP contribution in [0.5, 0.6) is 0 Å². The smallest absolute Gasteiger partial charge is 0.252 e. The molecule has 1 aromatic heterocycles. The van der Waals surface area contributed by atoms with E-state index in [0.29, 0.717) is 11.0 Å². The van der Waals surface area contributed by atoms with Crippen LogP contribution in [0.3, 0.4) is 0 Å². The molecule has 0 aliphatic carbocycles. The number of carbonyl (C=O) groups excluding carboxylic acids is 1. The quantitative estimate of drug-likeness (QED) is 0.829. The van der Waals surface area contributed by atoms with E-state index in [9.17, 15) is 4.79 Å². The average molecular weight is 373 g/mol. The molecule has 0 atom stereocenters. The molecular formula is C22H36N4O. The second-order valence-electron chi connectivity index (χ2n) is 9.14. The summed E-state index contributed by atoms with van der Waals surface area (Å²) in [6.45, 7) is 8.97. The second kappa shape index (κ2) is 8.59. The Balaban J connectivity index is 1.47. The van der Waals surface area contributed by atoms with E-state index in [4.69, 9.17) is 5.73 Å². The minimum atomic E-state index is -0.383. The molecule has 0 unspecified atom stereocenters. The molecule has 27 heavy (non-hydrogen) atoms. The van der Waals surface area contributed by atoms with Gasteiger partial charge >= 0.3 is 0 Å². The number of aryl methyl sites for hydroxylation is 1. The molecule has 0 spiro atoms. The number of likely N-dealkylation sites (tertiary alicyclic amines) is 1. The summed E-state index contributed by atoms with van der Waals surface area (Å²) >= 11 is 0. The van der Waals surface area contributed by atoms with Crippen LogP contribution in [0, 0.1) is 18.3 Å². The minimum Gasteiger partial charge on any atom is -0.371 e. The van der Waals surface area contributed by atoms with Crippen molar-refractivity contribution in [2.45, 2.75) is 58.8 Å². The highest BCUT2D eigenvalue weighted by Crippen LogP contribution is 2.37. The molecule has 2 aliphatic heterocycles. The van der Waals surface area contributed by atoms with Crippen molar-refractivity contribution in [2.75, 3.05) is 38.1 Å². The van der Waals surface area contributed by atoms with Gasteiger partial charge in [-0.05, 0) is 76.6 Å². The van der Waals surface area contributed by atoms with Crippen LogP contribution in [-0.4, -0.2) is 49.0 Å². The van der Waals surface area contributed by atoms with Gasteiger partial charge in [-0.1, -0.05) is 19.8 Å². The number of amides is 1. The molecule has 5 heteroatoms. The summed E-state index contributed by atoms with van der Waals surface area (Å²) in [6, 6.07) is 2.00. The van der Waals surface area contributed by atoms with Crippen LogP contribution >= 0.6 is 0 Å². The van der Waals surface area contributed by atoms with E-state index in [-0.39, 0.29) is 5.91 Å². The Hall–Kier alpha value is -1.62. The van der Waals surface area contributed by atoms with Crippen molar-refractivity contribution in [1.29, 1.82) is 0 Å². The third-order valence-corrected chi connectivity index (χ3v) is 6.83. The maximum atomic E-state index is 11.7. The van der Waals surface area contributed by atoms with Gasteiger partial charge in [-0.3, -0.25) is 9.78 Å². The van der Waals surface area contributed by atoms with Crippen LogP contribution in [0.4, 0.5) is 5.69 Å². The van der Waals surface area contributed by atoms with Gasteiger partial charge in [-0.15, -0.1) is 0 Å². The molecule has 3 rings (SSSR count). The lowest BCUT2D eigenvalue weighted by Crippen LogP contribution is -2.36. The average Bonchev–Trinajstić information content (AvgIpc) is 2.65. The maximum absolute atomic E-state index is 11.7. The van der Waals surface area contributed by atoms with Crippen LogP contribution in [0.25, 0.3) is 0 Å². The van der Waals surface area contributed by atoms with Crippen molar-refractivity contribution in [3.05, 3.63) is 23.5 Å². The van der Waals surface area contributed by atoms with Gasteiger partial charge in [0, 0.05) is 25.0 Å². The lowest BCUT2D eigenvalue weighted by atomic mass is 9.75. The fraction of sp³-hybridized carbons (Fsp3) is 0.727. The molecular weight excluding hydrogens is 336 g/mol. The molecule has 2 N–H and O–H groups in total. The molecule has 3 heterocycles. The van der Waals surface area contributed by atoms with Gasteiger partial charge in [0.15, 0.2) is 0 Å². The Morgan fingerprint density at radius 3 is 2.56 bits per heavy atom. The summed E-state index contributed by atoms with van der Waals surface area (Å²) in [7, 11) is 2.24. The Bertz CT molecular complexity index is 644.